The second kappa shape index (κ2) is 3.12. The third kappa shape index (κ3) is 1.55. The van der Waals surface area contributed by atoms with Crippen LogP contribution in [0.15, 0.2) is 6.07 Å². The molecule has 0 aliphatic heterocycles. The van der Waals surface area contributed by atoms with Crippen molar-refractivity contribution in [1.82, 2.24) is 4.37 Å². The van der Waals surface area contributed by atoms with Crippen molar-refractivity contribution in [1.29, 1.82) is 0 Å². The Morgan fingerprint density at radius 2 is 2.60 bits per heavy atom. The van der Waals surface area contributed by atoms with Crippen molar-refractivity contribution in [2.75, 3.05) is 5.88 Å². The van der Waals surface area contributed by atoms with Gasteiger partial charge in [0, 0.05) is 4.88 Å². The lowest BCUT2D eigenvalue weighted by molar-refractivity contribution is 0.101. The summed E-state index contributed by atoms with van der Waals surface area (Å²) in [7, 11) is 0. The van der Waals surface area contributed by atoms with Crippen LogP contribution in [0.4, 0.5) is 0 Å². The molecule has 10 heavy (non-hydrogen) atoms. The lowest BCUT2D eigenvalue weighted by Crippen LogP contribution is -1.99. The first-order valence-corrected chi connectivity index (χ1v) is 4.07. The van der Waals surface area contributed by atoms with Crippen LogP contribution in [0.5, 0.6) is 0 Å². The molecule has 0 N–H and O–H groups in total. The molecule has 2 nitrogen and oxygen atoms in total. The maximum Gasteiger partial charge on any atom is 0.196 e. The minimum absolute atomic E-state index is 0.0170. The normalized spacial score (nSPS) is 9.80. The number of aryl methyl sites for hydroxylation is 1. The Morgan fingerprint density at radius 3 is 3.00 bits per heavy atom. The number of carbonyl (C=O) groups excluding carboxylic acids is 1. The molecule has 0 saturated carbocycles. The fourth-order valence-electron chi connectivity index (χ4n) is 0.566. The average Bonchev–Trinajstić information content (AvgIpc) is 2.34. The van der Waals surface area contributed by atoms with Gasteiger partial charge in [0.15, 0.2) is 5.78 Å². The van der Waals surface area contributed by atoms with Crippen LogP contribution >= 0.6 is 23.1 Å². The number of nitrogens with zero attached hydrogens (tertiary/aromatic N) is 1. The minimum Gasteiger partial charge on any atom is -0.291 e. The molecule has 54 valence electrons. The largest absolute Gasteiger partial charge is 0.291 e. The molecule has 0 aromatic carbocycles. The van der Waals surface area contributed by atoms with Gasteiger partial charge in [-0.05, 0) is 24.5 Å². The van der Waals surface area contributed by atoms with Gasteiger partial charge >= 0.3 is 0 Å². The molecule has 1 rings (SSSR count). The second-order valence-corrected chi connectivity index (χ2v) is 3.16. The third-order valence-electron chi connectivity index (χ3n) is 1.04. The predicted molar refractivity (Wildman–Crippen MR) is 41.9 cm³/mol. The number of ketones is 1. The van der Waals surface area contributed by atoms with Gasteiger partial charge in [-0.25, -0.2) is 0 Å². The number of hydrogen-bond donors (Lipinski definition) is 0. The predicted octanol–water partition coefficient (Wildman–Crippen LogP) is 1.87. The molecule has 0 bridgehead atoms. The molecule has 0 saturated heterocycles. The summed E-state index contributed by atoms with van der Waals surface area (Å²) in [6.07, 6.45) is 0. The Balaban J connectivity index is 2.85. The lowest BCUT2D eigenvalue weighted by atomic mass is 10.3. The summed E-state index contributed by atoms with van der Waals surface area (Å²) in [5, 5.41) is 0. The van der Waals surface area contributed by atoms with Crippen LogP contribution in [-0.4, -0.2) is 16.0 Å². The minimum atomic E-state index is -0.106. The zero-order valence-electron chi connectivity index (χ0n) is 5.43. The van der Waals surface area contributed by atoms with E-state index in [0.717, 1.165) is 4.88 Å². The topological polar surface area (TPSA) is 30.0 Å². The molecule has 0 unspecified atom stereocenters. The van der Waals surface area contributed by atoms with Crippen molar-refractivity contribution >= 4 is 28.9 Å². The van der Waals surface area contributed by atoms with Crippen molar-refractivity contribution in [3.63, 3.8) is 0 Å². The van der Waals surface area contributed by atoms with Gasteiger partial charge in [0.25, 0.3) is 0 Å². The molecule has 0 amide bonds. The zero-order valence-corrected chi connectivity index (χ0v) is 7.00. The Bertz CT molecular complexity index is 246. The fourth-order valence-corrected chi connectivity index (χ4v) is 1.26. The highest BCUT2D eigenvalue weighted by atomic mass is 35.5. The Labute approximate surface area is 68.0 Å². The van der Waals surface area contributed by atoms with Crippen LogP contribution in [0.3, 0.4) is 0 Å². The van der Waals surface area contributed by atoms with Gasteiger partial charge < -0.3 is 0 Å². The molecule has 0 aliphatic rings. The molecular weight excluding hydrogens is 170 g/mol. The average molecular weight is 176 g/mol. The SMILES string of the molecule is Cc1cc(C(=O)CCl)ns1. The molecule has 4 heteroatoms. The van der Waals surface area contributed by atoms with Crippen LogP contribution in [-0.2, 0) is 0 Å². The van der Waals surface area contributed by atoms with Crippen LogP contribution in [0.2, 0.25) is 0 Å². The summed E-state index contributed by atoms with van der Waals surface area (Å²) in [6, 6.07) is 1.75. The maximum atomic E-state index is 10.8. The summed E-state index contributed by atoms with van der Waals surface area (Å²) in [4.78, 5) is 11.9. The van der Waals surface area contributed by atoms with E-state index in [4.69, 9.17) is 11.6 Å². The first-order chi connectivity index (χ1) is 4.74. The number of rotatable bonds is 2. The molecule has 0 aliphatic carbocycles. The number of halogens is 1. The smallest absolute Gasteiger partial charge is 0.196 e. The third-order valence-corrected chi connectivity index (χ3v) is 1.97. The molecular formula is C6H6ClNOS. The highest BCUT2D eigenvalue weighted by Gasteiger charge is 2.06. The molecule has 1 heterocycles. The van der Waals surface area contributed by atoms with E-state index in [1.807, 2.05) is 6.92 Å². The van der Waals surface area contributed by atoms with E-state index in [-0.39, 0.29) is 11.7 Å². The number of aromatic nitrogens is 1. The van der Waals surface area contributed by atoms with E-state index in [1.54, 1.807) is 6.07 Å². The first-order valence-electron chi connectivity index (χ1n) is 2.76. The van der Waals surface area contributed by atoms with Gasteiger partial charge in [0.1, 0.15) is 5.69 Å². The Kier molecular flexibility index (Phi) is 2.40. The van der Waals surface area contributed by atoms with Crippen molar-refractivity contribution in [3.8, 4) is 0 Å². The summed E-state index contributed by atoms with van der Waals surface area (Å²) in [5.74, 6) is -0.0885. The van der Waals surface area contributed by atoms with Crippen LogP contribution in [0.1, 0.15) is 15.4 Å². The maximum absolute atomic E-state index is 10.8. The van der Waals surface area contributed by atoms with Gasteiger partial charge in [0.2, 0.25) is 0 Å². The van der Waals surface area contributed by atoms with Gasteiger partial charge in [-0.15, -0.1) is 11.6 Å². The quantitative estimate of drug-likeness (QED) is 0.508. The lowest BCUT2D eigenvalue weighted by Gasteiger charge is -1.84. The van der Waals surface area contributed by atoms with Crippen molar-refractivity contribution in [3.05, 3.63) is 16.6 Å². The van der Waals surface area contributed by atoms with Crippen molar-refractivity contribution in [2.24, 2.45) is 0 Å². The van der Waals surface area contributed by atoms with E-state index >= 15 is 0 Å². The van der Waals surface area contributed by atoms with Crippen LogP contribution in [0.25, 0.3) is 0 Å². The molecule has 0 spiro atoms. The number of hydrogen-bond acceptors (Lipinski definition) is 3. The monoisotopic (exact) mass is 175 g/mol. The Morgan fingerprint density at radius 1 is 1.90 bits per heavy atom. The van der Waals surface area contributed by atoms with Crippen molar-refractivity contribution < 1.29 is 4.79 Å². The van der Waals surface area contributed by atoms with Crippen LogP contribution in [0, 0.1) is 6.92 Å². The highest BCUT2D eigenvalue weighted by Crippen LogP contribution is 2.08. The van der Waals surface area contributed by atoms with Crippen molar-refractivity contribution in [2.45, 2.75) is 6.92 Å². The van der Waals surface area contributed by atoms with Gasteiger partial charge in [-0.2, -0.15) is 4.37 Å². The summed E-state index contributed by atoms with van der Waals surface area (Å²) >= 11 is 6.63. The zero-order chi connectivity index (χ0) is 7.56. The van der Waals surface area contributed by atoms with E-state index < -0.39 is 0 Å². The molecule has 1 aromatic heterocycles. The number of carbonyl (C=O) groups is 1. The highest BCUT2D eigenvalue weighted by molar-refractivity contribution is 7.05. The van der Waals surface area contributed by atoms with Gasteiger partial charge in [-0.3, -0.25) is 4.79 Å². The van der Waals surface area contributed by atoms with E-state index in [2.05, 4.69) is 4.37 Å². The first kappa shape index (κ1) is 7.69. The van der Waals surface area contributed by atoms with E-state index in [9.17, 15) is 4.79 Å². The molecule has 1 aromatic rings. The Hall–Kier alpha value is -0.410. The van der Waals surface area contributed by atoms with E-state index in [1.165, 1.54) is 11.5 Å². The van der Waals surface area contributed by atoms with Gasteiger partial charge in [0.05, 0.1) is 5.88 Å². The fraction of sp³-hybridized carbons (Fsp3) is 0.333. The number of alkyl halides is 1. The molecule has 0 radical (unpaired) electrons. The number of Topliss-reactive ketones (excluding diaryl/α,β-unsaturated/α-hetero) is 1. The van der Waals surface area contributed by atoms with E-state index in [0.29, 0.717) is 5.69 Å². The molecule has 0 fully saturated rings. The molecule has 0 atom stereocenters. The standard InChI is InChI=1S/C6H6ClNOS/c1-4-2-5(8-10-4)6(9)3-7/h2H,3H2,1H3. The van der Waals surface area contributed by atoms with Gasteiger partial charge in [-0.1, -0.05) is 0 Å². The summed E-state index contributed by atoms with van der Waals surface area (Å²) < 4.78 is 3.89. The summed E-state index contributed by atoms with van der Waals surface area (Å²) in [5.41, 5.74) is 0.484. The summed E-state index contributed by atoms with van der Waals surface area (Å²) in [6.45, 7) is 1.91. The second-order valence-electron chi connectivity index (χ2n) is 1.88. The van der Waals surface area contributed by atoms with Crippen LogP contribution < -0.4 is 0 Å².